The maximum absolute atomic E-state index is 13.1. The highest BCUT2D eigenvalue weighted by atomic mass is 32.2. The van der Waals surface area contributed by atoms with E-state index >= 15 is 0 Å². The Labute approximate surface area is 169 Å². The van der Waals surface area contributed by atoms with Crippen LogP contribution >= 0.6 is 0 Å². The summed E-state index contributed by atoms with van der Waals surface area (Å²) in [5, 5.41) is 0.752. The molecule has 8 heteroatoms. The van der Waals surface area contributed by atoms with E-state index in [1.54, 1.807) is 18.2 Å². The Kier molecular flexibility index (Phi) is 5.47. The molecule has 0 amide bonds. The van der Waals surface area contributed by atoms with Gasteiger partial charge in [0.1, 0.15) is 18.0 Å². The van der Waals surface area contributed by atoms with Crippen LogP contribution in [0.1, 0.15) is 12.0 Å². The van der Waals surface area contributed by atoms with E-state index in [4.69, 9.17) is 0 Å². The van der Waals surface area contributed by atoms with E-state index in [-0.39, 0.29) is 10.7 Å². The Hall–Kier alpha value is -2.58. The third-order valence-corrected chi connectivity index (χ3v) is 6.33. The number of fused-ring (bicyclic) bond motifs is 1. The van der Waals surface area contributed by atoms with Crippen LogP contribution in [-0.4, -0.2) is 55.7 Å². The van der Waals surface area contributed by atoms with Crippen LogP contribution in [0.2, 0.25) is 0 Å². The van der Waals surface area contributed by atoms with Crippen molar-refractivity contribution in [2.75, 3.05) is 37.3 Å². The molecule has 3 aromatic rings. The molecule has 0 atom stereocenters. The van der Waals surface area contributed by atoms with Gasteiger partial charge in [0.2, 0.25) is 0 Å². The lowest BCUT2D eigenvalue weighted by Gasteiger charge is -2.24. The molecule has 0 saturated carbocycles. The van der Waals surface area contributed by atoms with Crippen LogP contribution in [0.4, 0.5) is 10.2 Å². The first-order chi connectivity index (χ1) is 13.9. The highest BCUT2D eigenvalue weighted by Crippen LogP contribution is 2.26. The zero-order chi connectivity index (χ0) is 20.4. The van der Waals surface area contributed by atoms with Crippen LogP contribution in [0.15, 0.2) is 53.7 Å². The van der Waals surface area contributed by atoms with Gasteiger partial charge in [-0.2, -0.15) is 0 Å². The summed E-state index contributed by atoms with van der Waals surface area (Å²) in [5.41, 5.74) is 1.82. The molecule has 2 heterocycles. The Morgan fingerprint density at radius 3 is 2.55 bits per heavy atom. The molecule has 1 aromatic heterocycles. The van der Waals surface area contributed by atoms with E-state index in [9.17, 15) is 12.8 Å². The number of rotatable bonds is 4. The van der Waals surface area contributed by atoms with Gasteiger partial charge in [-0.05, 0) is 42.3 Å². The van der Waals surface area contributed by atoms with Crippen molar-refractivity contribution in [3.05, 3.63) is 60.2 Å². The average Bonchev–Trinajstić information content (AvgIpc) is 2.94. The maximum Gasteiger partial charge on any atom is 0.175 e. The molecule has 1 aliphatic heterocycles. The van der Waals surface area contributed by atoms with Gasteiger partial charge in [-0.1, -0.05) is 12.1 Å². The lowest BCUT2D eigenvalue weighted by atomic mass is 10.2. The topological polar surface area (TPSA) is 66.4 Å². The summed E-state index contributed by atoms with van der Waals surface area (Å²) in [6.45, 7) is 4.16. The van der Waals surface area contributed by atoms with Gasteiger partial charge in [0.05, 0.1) is 10.4 Å². The monoisotopic (exact) mass is 414 g/mol. The van der Waals surface area contributed by atoms with Gasteiger partial charge < -0.3 is 4.90 Å². The molecule has 4 rings (SSSR count). The molecule has 0 spiro atoms. The molecule has 0 N–H and O–H groups in total. The minimum Gasteiger partial charge on any atom is -0.355 e. The summed E-state index contributed by atoms with van der Waals surface area (Å²) < 4.78 is 37.1. The molecule has 1 saturated heterocycles. The van der Waals surface area contributed by atoms with Crippen LogP contribution < -0.4 is 4.90 Å². The summed E-state index contributed by atoms with van der Waals surface area (Å²) in [4.78, 5) is 13.6. The van der Waals surface area contributed by atoms with E-state index < -0.39 is 9.84 Å². The molecular weight excluding hydrogens is 391 g/mol. The minimum atomic E-state index is -3.30. The fourth-order valence-corrected chi connectivity index (χ4v) is 4.34. The van der Waals surface area contributed by atoms with E-state index in [1.165, 1.54) is 24.7 Å². The predicted octanol–water partition coefficient (Wildman–Crippen LogP) is 2.88. The maximum atomic E-state index is 13.1. The van der Waals surface area contributed by atoms with Gasteiger partial charge in [-0.25, -0.2) is 22.8 Å². The summed E-state index contributed by atoms with van der Waals surface area (Å²) in [6, 6.07) is 11.6. The SMILES string of the molecule is CS(=O)(=O)c1ccc2ncnc(N3CCCN(Cc4ccc(F)cc4)CC3)c2c1. The number of halogens is 1. The summed E-state index contributed by atoms with van der Waals surface area (Å²) in [5.74, 6) is 0.545. The van der Waals surface area contributed by atoms with Gasteiger partial charge in [-0.15, -0.1) is 0 Å². The minimum absolute atomic E-state index is 0.222. The van der Waals surface area contributed by atoms with Gasteiger partial charge in [0.25, 0.3) is 0 Å². The molecule has 6 nitrogen and oxygen atoms in total. The fourth-order valence-electron chi connectivity index (χ4n) is 3.69. The molecule has 1 fully saturated rings. The van der Waals surface area contributed by atoms with Crippen LogP contribution in [0.3, 0.4) is 0 Å². The number of hydrogen-bond acceptors (Lipinski definition) is 6. The number of aromatic nitrogens is 2. The zero-order valence-corrected chi connectivity index (χ0v) is 17.1. The van der Waals surface area contributed by atoms with E-state index in [0.29, 0.717) is 0 Å². The highest BCUT2D eigenvalue weighted by molar-refractivity contribution is 7.90. The van der Waals surface area contributed by atoms with Crippen molar-refractivity contribution in [1.29, 1.82) is 0 Å². The van der Waals surface area contributed by atoms with Gasteiger partial charge in [0, 0.05) is 44.4 Å². The molecule has 0 bridgehead atoms. The van der Waals surface area contributed by atoms with Crippen molar-refractivity contribution >= 4 is 26.6 Å². The molecular formula is C21H23FN4O2S. The van der Waals surface area contributed by atoms with Gasteiger partial charge in [-0.3, -0.25) is 4.90 Å². The van der Waals surface area contributed by atoms with Crippen LogP contribution in [0, 0.1) is 5.82 Å². The number of hydrogen-bond donors (Lipinski definition) is 0. The summed E-state index contributed by atoms with van der Waals surface area (Å²) >= 11 is 0. The average molecular weight is 415 g/mol. The number of sulfone groups is 1. The van der Waals surface area contributed by atoms with E-state index in [0.717, 1.165) is 61.4 Å². The van der Waals surface area contributed by atoms with Gasteiger partial charge in [0.15, 0.2) is 9.84 Å². The van der Waals surface area contributed by atoms with Crippen molar-refractivity contribution in [2.24, 2.45) is 0 Å². The van der Waals surface area contributed by atoms with Crippen molar-refractivity contribution < 1.29 is 12.8 Å². The molecule has 0 aliphatic carbocycles. The third-order valence-electron chi connectivity index (χ3n) is 5.22. The molecule has 0 radical (unpaired) electrons. The van der Waals surface area contributed by atoms with Crippen molar-refractivity contribution in [2.45, 2.75) is 17.9 Å². The molecule has 29 heavy (non-hydrogen) atoms. The first-order valence-electron chi connectivity index (χ1n) is 9.57. The van der Waals surface area contributed by atoms with Crippen LogP contribution in [0.25, 0.3) is 10.9 Å². The fraction of sp³-hybridized carbons (Fsp3) is 0.333. The number of anilines is 1. The second kappa shape index (κ2) is 8.04. The van der Waals surface area contributed by atoms with Gasteiger partial charge >= 0.3 is 0 Å². The first kappa shape index (κ1) is 19.7. The smallest absolute Gasteiger partial charge is 0.175 e. The zero-order valence-electron chi connectivity index (χ0n) is 16.3. The highest BCUT2D eigenvalue weighted by Gasteiger charge is 2.19. The van der Waals surface area contributed by atoms with E-state index in [1.807, 2.05) is 12.1 Å². The third kappa shape index (κ3) is 4.54. The lowest BCUT2D eigenvalue weighted by molar-refractivity contribution is 0.285. The van der Waals surface area contributed by atoms with Crippen LogP contribution in [0.5, 0.6) is 0 Å². The van der Waals surface area contributed by atoms with Crippen molar-refractivity contribution in [3.63, 3.8) is 0 Å². The number of benzene rings is 2. The Balaban J connectivity index is 1.56. The van der Waals surface area contributed by atoms with Crippen LogP contribution in [-0.2, 0) is 16.4 Å². The molecule has 1 aliphatic rings. The van der Waals surface area contributed by atoms with E-state index in [2.05, 4.69) is 19.8 Å². The van der Waals surface area contributed by atoms with Crippen molar-refractivity contribution in [1.82, 2.24) is 14.9 Å². The predicted molar refractivity (Wildman–Crippen MR) is 111 cm³/mol. The molecule has 0 unspecified atom stereocenters. The lowest BCUT2D eigenvalue weighted by Crippen LogP contribution is -2.31. The standard InChI is InChI=1S/C21H23FN4O2S/c1-29(27,28)18-7-8-20-19(13-18)21(24-15-23-20)26-10-2-9-25(11-12-26)14-16-3-5-17(22)6-4-16/h3-8,13,15H,2,9-12,14H2,1H3. The second-order valence-electron chi connectivity index (χ2n) is 7.39. The molecule has 152 valence electrons. The first-order valence-corrected chi connectivity index (χ1v) is 11.5. The quantitative estimate of drug-likeness (QED) is 0.654. The number of nitrogens with zero attached hydrogens (tertiary/aromatic N) is 4. The second-order valence-corrected chi connectivity index (χ2v) is 9.41. The Morgan fingerprint density at radius 1 is 1.00 bits per heavy atom. The normalized spacial score (nSPS) is 16.1. The largest absolute Gasteiger partial charge is 0.355 e. The van der Waals surface area contributed by atoms with Crippen molar-refractivity contribution in [3.8, 4) is 0 Å². The Bertz CT molecular complexity index is 1120. The molecule has 2 aromatic carbocycles. The summed E-state index contributed by atoms with van der Waals surface area (Å²) in [7, 11) is -3.30. The Morgan fingerprint density at radius 2 is 1.79 bits per heavy atom. The summed E-state index contributed by atoms with van der Waals surface area (Å²) in [6.07, 6.45) is 3.69.